The molecule has 3 aromatic rings. The van der Waals surface area contributed by atoms with Crippen molar-refractivity contribution < 1.29 is 9.90 Å². The fourth-order valence-corrected chi connectivity index (χ4v) is 2.92. The molecule has 4 rings (SSSR count). The molecule has 0 amide bonds. The number of carboxylic acids is 1. The van der Waals surface area contributed by atoms with Gasteiger partial charge in [0.05, 0.1) is 5.56 Å². The SMILES string of the molecule is O=C(O)c1ccc2nnc(C3CCN(c4ncccn4)C3)n2c1. The summed E-state index contributed by atoms with van der Waals surface area (Å²) < 4.78 is 1.77. The molecule has 1 aliphatic rings. The van der Waals surface area contributed by atoms with Crippen molar-refractivity contribution in [1.82, 2.24) is 24.6 Å². The molecule has 0 aromatic carbocycles. The molecular formula is C15H14N6O2. The minimum Gasteiger partial charge on any atom is -0.478 e. The van der Waals surface area contributed by atoms with Crippen molar-refractivity contribution in [2.75, 3.05) is 18.0 Å². The van der Waals surface area contributed by atoms with E-state index < -0.39 is 5.97 Å². The minimum atomic E-state index is -0.961. The molecule has 0 radical (unpaired) electrons. The van der Waals surface area contributed by atoms with Crippen molar-refractivity contribution in [3.05, 3.63) is 48.2 Å². The first kappa shape index (κ1) is 13.6. The van der Waals surface area contributed by atoms with Gasteiger partial charge in [0.2, 0.25) is 5.95 Å². The molecule has 1 saturated heterocycles. The summed E-state index contributed by atoms with van der Waals surface area (Å²) in [7, 11) is 0. The molecule has 23 heavy (non-hydrogen) atoms. The average molecular weight is 310 g/mol. The van der Waals surface area contributed by atoms with E-state index in [0.29, 0.717) is 11.6 Å². The third-order valence-corrected chi connectivity index (χ3v) is 4.06. The number of hydrogen-bond donors (Lipinski definition) is 1. The molecule has 4 heterocycles. The monoisotopic (exact) mass is 310 g/mol. The van der Waals surface area contributed by atoms with E-state index in [0.717, 1.165) is 25.3 Å². The van der Waals surface area contributed by atoms with Crippen molar-refractivity contribution >= 4 is 17.6 Å². The highest BCUT2D eigenvalue weighted by Crippen LogP contribution is 2.28. The molecule has 1 aliphatic heterocycles. The van der Waals surface area contributed by atoms with Gasteiger partial charge in [0.1, 0.15) is 5.82 Å². The summed E-state index contributed by atoms with van der Waals surface area (Å²) >= 11 is 0. The Morgan fingerprint density at radius 2 is 2.04 bits per heavy atom. The molecule has 1 atom stereocenters. The number of pyridine rings is 1. The number of rotatable bonds is 3. The average Bonchev–Trinajstić information content (AvgIpc) is 3.21. The van der Waals surface area contributed by atoms with Gasteiger partial charge in [-0.1, -0.05) is 0 Å². The predicted octanol–water partition coefficient (Wildman–Crippen LogP) is 1.21. The van der Waals surface area contributed by atoms with Crippen LogP contribution < -0.4 is 4.90 Å². The highest BCUT2D eigenvalue weighted by atomic mass is 16.4. The third kappa shape index (κ3) is 2.37. The lowest BCUT2D eigenvalue weighted by Gasteiger charge is -2.15. The van der Waals surface area contributed by atoms with Gasteiger partial charge in [-0.25, -0.2) is 14.8 Å². The second-order valence-electron chi connectivity index (χ2n) is 5.49. The summed E-state index contributed by atoms with van der Waals surface area (Å²) in [4.78, 5) is 21.8. The second kappa shape index (κ2) is 5.31. The van der Waals surface area contributed by atoms with Crippen molar-refractivity contribution in [3.8, 4) is 0 Å². The van der Waals surface area contributed by atoms with Gasteiger partial charge in [-0.05, 0) is 24.6 Å². The minimum absolute atomic E-state index is 0.165. The van der Waals surface area contributed by atoms with Gasteiger partial charge >= 0.3 is 5.97 Å². The first-order valence-corrected chi connectivity index (χ1v) is 7.32. The molecule has 0 spiro atoms. The van der Waals surface area contributed by atoms with Crippen molar-refractivity contribution in [2.24, 2.45) is 0 Å². The number of aromatic carboxylic acids is 1. The standard InChI is InChI=1S/C15H14N6O2/c22-14(23)11-2-3-12-18-19-13(21(12)9-11)10-4-7-20(8-10)15-16-5-1-6-17-15/h1-3,5-6,9-10H,4,7-8H2,(H,22,23). The number of anilines is 1. The Morgan fingerprint density at radius 3 is 2.83 bits per heavy atom. The molecule has 8 heteroatoms. The Labute approximate surface area is 131 Å². The summed E-state index contributed by atoms with van der Waals surface area (Å²) in [6.45, 7) is 1.57. The first-order chi connectivity index (χ1) is 11.2. The number of carbonyl (C=O) groups is 1. The lowest BCUT2D eigenvalue weighted by Crippen LogP contribution is -2.21. The van der Waals surface area contributed by atoms with E-state index in [2.05, 4.69) is 25.1 Å². The lowest BCUT2D eigenvalue weighted by atomic mass is 10.1. The van der Waals surface area contributed by atoms with Crippen LogP contribution >= 0.6 is 0 Å². The highest BCUT2D eigenvalue weighted by molar-refractivity contribution is 5.87. The van der Waals surface area contributed by atoms with E-state index in [9.17, 15) is 4.79 Å². The summed E-state index contributed by atoms with van der Waals surface area (Å²) in [6, 6.07) is 5.00. The molecule has 1 fully saturated rings. The smallest absolute Gasteiger partial charge is 0.337 e. The molecule has 116 valence electrons. The number of carboxylic acid groups (broad SMARTS) is 1. The van der Waals surface area contributed by atoms with Gasteiger partial charge in [0.15, 0.2) is 5.65 Å². The maximum atomic E-state index is 11.2. The van der Waals surface area contributed by atoms with Crippen LogP contribution in [0, 0.1) is 0 Å². The van der Waals surface area contributed by atoms with Gasteiger partial charge in [0.25, 0.3) is 0 Å². The zero-order valence-corrected chi connectivity index (χ0v) is 12.2. The van der Waals surface area contributed by atoms with Crippen molar-refractivity contribution in [1.29, 1.82) is 0 Å². The largest absolute Gasteiger partial charge is 0.478 e. The van der Waals surface area contributed by atoms with Crippen molar-refractivity contribution in [3.63, 3.8) is 0 Å². The Balaban J connectivity index is 1.65. The van der Waals surface area contributed by atoms with Crippen molar-refractivity contribution in [2.45, 2.75) is 12.3 Å². The zero-order chi connectivity index (χ0) is 15.8. The van der Waals surface area contributed by atoms with Gasteiger partial charge in [-0.3, -0.25) is 4.40 Å². The predicted molar refractivity (Wildman–Crippen MR) is 81.5 cm³/mol. The molecule has 1 unspecified atom stereocenters. The molecule has 0 saturated carbocycles. The van der Waals surface area contributed by atoms with Crippen LogP contribution in [0.3, 0.4) is 0 Å². The summed E-state index contributed by atoms with van der Waals surface area (Å²) in [5, 5.41) is 17.5. The Kier molecular flexibility index (Phi) is 3.14. The second-order valence-corrected chi connectivity index (χ2v) is 5.49. The van der Waals surface area contributed by atoms with Crippen LogP contribution in [0.4, 0.5) is 5.95 Å². The van der Waals surface area contributed by atoms with E-state index >= 15 is 0 Å². The van der Waals surface area contributed by atoms with E-state index in [1.54, 1.807) is 35.1 Å². The van der Waals surface area contributed by atoms with Crippen LogP contribution in [0.1, 0.15) is 28.5 Å². The van der Waals surface area contributed by atoms with E-state index in [-0.39, 0.29) is 11.5 Å². The van der Waals surface area contributed by atoms with Crippen LogP contribution in [0.25, 0.3) is 5.65 Å². The molecule has 3 aromatic heterocycles. The van der Waals surface area contributed by atoms with Crippen LogP contribution in [0.5, 0.6) is 0 Å². The number of aromatic nitrogens is 5. The van der Waals surface area contributed by atoms with E-state index in [1.807, 2.05) is 0 Å². The summed E-state index contributed by atoms with van der Waals surface area (Å²) in [6.07, 6.45) is 5.92. The fraction of sp³-hybridized carbons (Fsp3) is 0.267. The third-order valence-electron chi connectivity index (χ3n) is 4.06. The molecular weight excluding hydrogens is 296 g/mol. The van der Waals surface area contributed by atoms with Gasteiger partial charge < -0.3 is 10.0 Å². The molecule has 0 bridgehead atoms. The van der Waals surface area contributed by atoms with Crippen LogP contribution in [-0.4, -0.2) is 48.7 Å². The van der Waals surface area contributed by atoms with Gasteiger partial charge in [0, 0.05) is 37.6 Å². The zero-order valence-electron chi connectivity index (χ0n) is 12.2. The van der Waals surface area contributed by atoms with E-state index in [4.69, 9.17) is 5.11 Å². The van der Waals surface area contributed by atoms with Crippen LogP contribution in [-0.2, 0) is 0 Å². The molecule has 0 aliphatic carbocycles. The Morgan fingerprint density at radius 1 is 1.22 bits per heavy atom. The number of nitrogens with zero attached hydrogens (tertiary/aromatic N) is 6. The topological polar surface area (TPSA) is 96.5 Å². The summed E-state index contributed by atoms with van der Waals surface area (Å²) in [5.41, 5.74) is 0.874. The maximum absolute atomic E-state index is 11.2. The maximum Gasteiger partial charge on any atom is 0.337 e. The summed E-state index contributed by atoms with van der Waals surface area (Å²) in [5.74, 6) is 0.687. The Hall–Kier alpha value is -3.03. The molecule has 8 nitrogen and oxygen atoms in total. The van der Waals surface area contributed by atoms with Gasteiger partial charge in [-0.2, -0.15) is 0 Å². The van der Waals surface area contributed by atoms with Crippen LogP contribution in [0.2, 0.25) is 0 Å². The highest BCUT2D eigenvalue weighted by Gasteiger charge is 2.29. The van der Waals surface area contributed by atoms with Crippen LogP contribution in [0.15, 0.2) is 36.8 Å². The van der Waals surface area contributed by atoms with Gasteiger partial charge in [-0.15, -0.1) is 10.2 Å². The first-order valence-electron chi connectivity index (χ1n) is 7.32. The normalized spacial score (nSPS) is 17.7. The number of fused-ring (bicyclic) bond motifs is 1. The number of hydrogen-bond acceptors (Lipinski definition) is 6. The fourth-order valence-electron chi connectivity index (χ4n) is 2.92. The van der Waals surface area contributed by atoms with E-state index in [1.165, 1.54) is 6.07 Å². The Bertz CT molecular complexity index is 863. The quantitative estimate of drug-likeness (QED) is 0.776. The molecule has 1 N–H and O–H groups in total. The lowest BCUT2D eigenvalue weighted by molar-refractivity contribution is 0.0696.